The third kappa shape index (κ3) is 4.86. The van der Waals surface area contributed by atoms with E-state index in [1.165, 1.54) is 16.5 Å². The van der Waals surface area contributed by atoms with Gasteiger partial charge in [0.1, 0.15) is 19.3 Å². The standard InChI is InChI=1S/C25H30N2O3/c1-2-15-29-24-9-5-6-10-25(24)30-18-20(28)17-27-13-11-19(12-14-27)22-16-26-23-8-4-3-7-21(22)23/h2-10,16,19-20,26,28H,1,11-15,17-18H2. The van der Waals surface area contributed by atoms with Gasteiger partial charge in [-0.1, -0.05) is 43.0 Å². The summed E-state index contributed by atoms with van der Waals surface area (Å²) in [6.45, 7) is 6.93. The smallest absolute Gasteiger partial charge is 0.161 e. The van der Waals surface area contributed by atoms with Crippen LogP contribution in [-0.4, -0.2) is 53.9 Å². The van der Waals surface area contributed by atoms with Gasteiger partial charge < -0.3 is 24.5 Å². The fourth-order valence-corrected chi connectivity index (χ4v) is 4.23. The molecule has 0 radical (unpaired) electrons. The van der Waals surface area contributed by atoms with Crippen LogP contribution in [0.3, 0.4) is 0 Å². The normalized spacial score (nSPS) is 16.4. The summed E-state index contributed by atoms with van der Waals surface area (Å²) in [5.41, 5.74) is 2.63. The van der Waals surface area contributed by atoms with Gasteiger partial charge >= 0.3 is 0 Å². The second-order valence-corrected chi connectivity index (χ2v) is 7.88. The number of likely N-dealkylation sites (tertiary alicyclic amines) is 1. The number of hydrogen-bond acceptors (Lipinski definition) is 4. The summed E-state index contributed by atoms with van der Waals surface area (Å²) in [6, 6.07) is 16.0. The van der Waals surface area contributed by atoms with Crippen molar-refractivity contribution in [1.29, 1.82) is 0 Å². The van der Waals surface area contributed by atoms with Gasteiger partial charge in [0.15, 0.2) is 11.5 Å². The summed E-state index contributed by atoms with van der Waals surface area (Å²) in [4.78, 5) is 5.73. The number of benzene rings is 2. The molecule has 0 saturated carbocycles. The lowest BCUT2D eigenvalue weighted by molar-refractivity contribution is 0.0585. The maximum Gasteiger partial charge on any atom is 0.161 e. The van der Waals surface area contributed by atoms with Crippen molar-refractivity contribution in [3.05, 3.63) is 72.9 Å². The SMILES string of the molecule is C=CCOc1ccccc1OCC(O)CN1CCC(c2c[nH]c3ccccc23)CC1. The highest BCUT2D eigenvalue weighted by Crippen LogP contribution is 2.33. The number of hydrogen-bond donors (Lipinski definition) is 2. The first-order valence-corrected chi connectivity index (χ1v) is 10.7. The van der Waals surface area contributed by atoms with Gasteiger partial charge in [0, 0.05) is 23.6 Å². The number of piperidine rings is 1. The third-order valence-corrected chi connectivity index (χ3v) is 5.75. The molecule has 1 aliphatic rings. The molecule has 0 aliphatic carbocycles. The number of H-pyrrole nitrogens is 1. The number of β-amino-alcohol motifs (C(OH)–C–C–N with tert-alkyl or cyclic N) is 1. The van der Waals surface area contributed by atoms with Crippen LogP contribution in [0.5, 0.6) is 11.5 Å². The molecule has 1 aliphatic heterocycles. The van der Waals surface area contributed by atoms with E-state index in [4.69, 9.17) is 9.47 Å². The Balaban J connectivity index is 1.26. The lowest BCUT2D eigenvalue weighted by Crippen LogP contribution is -2.40. The van der Waals surface area contributed by atoms with Crippen LogP contribution < -0.4 is 9.47 Å². The number of fused-ring (bicyclic) bond motifs is 1. The van der Waals surface area contributed by atoms with E-state index in [1.54, 1.807) is 6.08 Å². The van der Waals surface area contributed by atoms with E-state index in [9.17, 15) is 5.11 Å². The molecule has 1 aromatic heterocycles. The van der Waals surface area contributed by atoms with E-state index in [0.717, 1.165) is 25.9 Å². The van der Waals surface area contributed by atoms with Gasteiger partial charge in [0.25, 0.3) is 0 Å². The van der Waals surface area contributed by atoms with Crippen molar-refractivity contribution in [2.24, 2.45) is 0 Å². The van der Waals surface area contributed by atoms with E-state index in [0.29, 0.717) is 30.6 Å². The van der Waals surface area contributed by atoms with Crippen LogP contribution in [0.2, 0.25) is 0 Å². The second kappa shape index (κ2) is 9.83. The van der Waals surface area contributed by atoms with Gasteiger partial charge in [-0.15, -0.1) is 0 Å². The molecule has 5 heteroatoms. The molecule has 1 atom stereocenters. The summed E-state index contributed by atoms with van der Waals surface area (Å²) < 4.78 is 11.4. The summed E-state index contributed by atoms with van der Waals surface area (Å²) in [5, 5.41) is 11.8. The van der Waals surface area contributed by atoms with Crippen molar-refractivity contribution in [3.63, 3.8) is 0 Å². The topological polar surface area (TPSA) is 57.7 Å². The maximum atomic E-state index is 10.5. The molecule has 30 heavy (non-hydrogen) atoms. The Hall–Kier alpha value is -2.76. The maximum absolute atomic E-state index is 10.5. The Labute approximate surface area is 177 Å². The zero-order chi connectivity index (χ0) is 20.8. The van der Waals surface area contributed by atoms with Gasteiger partial charge in [-0.3, -0.25) is 0 Å². The largest absolute Gasteiger partial charge is 0.487 e. The Morgan fingerprint density at radius 1 is 1.07 bits per heavy atom. The van der Waals surface area contributed by atoms with E-state index in [-0.39, 0.29) is 6.61 Å². The summed E-state index contributed by atoms with van der Waals surface area (Å²) in [7, 11) is 0. The summed E-state index contributed by atoms with van der Waals surface area (Å²) in [6.07, 6.45) is 5.54. The number of rotatable bonds is 9. The van der Waals surface area contributed by atoms with Crippen molar-refractivity contribution in [2.45, 2.75) is 24.9 Å². The fourth-order valence-electron chi connectivity index (χ4n) is 4.23. The van der Waals surface area contributed by atoms with Gasteiger partial charge in [0.2, 0.25) is 0 Å². The summed E-state index contributed by atoms with van der Waals surface area (Å²) >= 11 is 0. The van der Waals surface area contributed by atoms with Crippen molar-refractivity contribution < 1.29 is 14.6 Å². The predicted molar refractivity (Wildman–Crippen MR) is 120 cm³/mol. The zero-order valence-electron chi connectivity index (χ0n) is 17.3. The molecule has 0 bridgehead atoms. The van der Waals surface area contributed by atoms with Crippen molar-refractivity contribution in [3.8, 4) is 11.5 Å². The Morgan fingerprint density at radius 3 is 2.53 bits per heavy atom. The molecule has 1 unspecified atom stereocenters. The molecule has 4 rings (SSSR count). The molecule has 2 N–H and O–H groups in total. The average Bonchev–Trinajstić information content (AvgIpc) is 3.21. The van der Waals surface area contributed by atoms with E-state index >= 15 is 0 Å². The number of para-hydroxylation sites is 3. The van der Waals surface area contributed by atoms with Crippen LogP contribution in [0, 0.1) is 0 Å². The molecule has 0 amide bonds. The van der Waals surface area contributed by atoms with Crippen LogP contribution in [0.4, 0.5) is 0 Å². The van der Waals surface area contributed by atoms with E-state index in [1.807, 2.05) is 24.3 Å². The molecule has 5 nitrogen and oxygen atoms in total. The molecule has 158 valence electrons. The number of aromatic nitrogens is 1. The number of ether oxygens (including phenoxy) is 2. The quantitative estimate of drug-likeness (QED) is 0.519. The monoisotopic (exact) mass is 406 g/mol. The molecular weight excluding hydrogens is 376 g/mol. The van der Waals surface area contributed by atoms with E-state index in [2.05, 4.69) is 46.9 Å². The molecule has 1 fully saturated rings. The lowest BCUT2D eigenvalue weighted by Gasteiger charge is -2.33. The lowest BCUT2D eigenvalue weighted by atomic mass is 9.89. The second-order valence-electron chi connectivity index (χ2n) is 7.88. The van der Waals surface area contributed by atoms with Crippen molar-refractivity contribution in [2.75, 3.05) is 32.8 Å². The van der Waals surface area contributed by atoms with Gasteiger partial charge in [0.05, 0.1) is 0 Å². The van der Waals surface area contributed by atoms with Gasteiger partial charge in [-0.05, 0) is 55.6 Å². The van der Waals surface area contributed by atoms with Crippen LogP contribution in [0.25, 0.3) is 10.9 Å². The highest BCUT2D eigenvalue weighted by atomic mass is 16.5. The number of aromatic amines is 1. The molecule has 0 spiro atoms. The Kier molecular flexibility index (Phi) is 6.72. The molecule has 2 aromatic carbocycles. The first-order chi connectivity index (χ1) is 14.7. The minimum atomic E-state index is -0.540. The van der Waals surface area contributed by atoms with E-state index < -0.39 is 6.10 Å². The number of aliphatic hydroxyl groups is 1. The molecule has 3 aromatic rings. The van der Waals surface area contributed by atoms with Crippen LogP contribution in [0.15, 0.2) is 67.4 Å². The Bertz CT molecular complexity index is 960. The molecule has 1 saturated heterocycles. The fraction of sp³-hybridized carbons (Fsp3) is 0.360. The highest BCUT2D eigenvalue weighted by molar-refractivity contribution is 5.83. The van der Waals surface area contributed by atoms with Crippen LogP contribution in [0.1, 0.15) is 24.3 Å². The van der Waals surface area contributed by atoms with Crippen molar-refractivity contribution in [1.82, 2.24) is 9.88 Å². The third-order valence-electron chi connectivity index (χ3n) is 5.75. The molecular formula is C25H30N2O3. The van der Waals surface area contributed by atoms with Crippen LogP contribution >= 0.6 is 0 Å². The average molecular weight is 407 g/mol. The predicted octanol–water partition coefficient (Wildman–Crippen LogP) is 4.35. The first kappa shape index (κ1) is 20.5. The first-order valence-electron chi connectivity index (χ1n) is 10.7. The van der Waals surface area contributed by atoms with Gasteiger partial charge in [-0.25, -0.2) is 0 Å². The number of nitrogens with zero attached hydrogens (tertiary/aromatic N) is 1. The van der Waals surface area contributed by atoms with Crippen molar-refractivity contribution >= 4 is 10.9 Å². The molecule has 2 heterocycles. The van der Waals surface area contributed by atoms with Crippen LogP contribution in [-0.2, 0) is 0 Å². The zero-order valence-corrected chi connectivity index (χ0v) is 17.3. The highest BCUT2D eigenvalue weighted by Gasteiger charge is 2.24. The Morgan fingerprint density at radius 2 is 1.77 bits per heavy atom. The van der Waals surface area contributed by atoms with Gasteiger partial charge in [-0.2, -0.15) is 0 Å². The minimum Gasteiger partial charge on any atom is -0.487 e. The number of nitrogens with one attached hydrogen (secondary N) is 1. The summed E-state index contributed by atoms with van der Waals surface area (Å²) in [5.74, 6) is 1.89. The number of aliphatic hydroxyl groups excluding tert-OH is 1. The minimum absolute atomic E-state index is 0.247.